The molecule has 0 amide bonds. The summed E-state index contributed by atoms with van der Waals surface area (Å²) >= 11 is 0. The maximum Gasteiger partial charge on any atom is 0.492 e. The van der Waals surface area contributed by atoms with Gasteiger partial charge in [0.1, 0.15) is 18.3 Å². The van der Waals surface area contributed by atoms with Crippen LogP contribution in [0, 0.1) is 0 Å². The smallest absolute Gasteiger partial charge is 0.462 e. The summed E-state index contributed by atoms with van der Waals surface area (Å²) in [6, 6.07) is 8.59. The largest absolute Gasteiger partial charge is 0.492 e. The van der Waals surface area contributed by atoms with Crippen LogP contribution in [0.5, 0.6) is 5.75 Å². The van der Waals surface area contributed by atoms with Crippen molar-refractivity contribution < 1.29 is 27.5 Å². The van der Waals surface area contributed by atoms with Gasteiger partial charge in [-0.1, -0.05) is 18.2 Å². The zero-order valence-corrected chi connectivity index (χ0v) is 9.64. The number of rotatable bonds is 5. The minimum absolute atomic E-state index is 0.500. The summed E-state index contributed by atoms with van der Waals surface area (Å²) in [6.07, 6.45) is 1.73. The second-order valence-corrected chi connectivity index (χ2v) is 6.44. The fourth-order valence-electron chi connectivity index (χ4n) is 0.744. The molecule has 2 N–H and O–H groups in total. The van der Waals surface area contributed by atoms with Crippen LogP contribution < -0.4 is 4.74 Å². The van der Waals surface area contributed by atoms with Crippen molar-refractivity contribution >= 4 is 17.5 Å². The van der Waals surface area contributed by atoms with E-state index in [-0.39, 0.29) is 0 Å². The van der Waals surface area contributed by atoms with E-state index in [2.05, 4.69) is 4.52 Å². The Hall–Kier alpha value is -1.14. The molecule has 2 unspecified atom stereocenters. The number of hydrogen-bond acceptors (Lipinski definition) is 4. The molecule has 0 aliphatic rings. The van der Waals surface area contributed by atoms with E-state index < -0.39 is 17.5 Å². The van der Waals surface area contributed by atoms with Gasteiger partial charge >= 0.3 is 6.80 Å². The molecular formula is C8H9O6PS. The van der Waals surface area contributed by atoms with Gasteiger partial charge in [0.05, 0.1) is 0 Å². The van der Waals surface area contributed by atoms with E-state index in [1.807, 2.05) is 0 Å². The Balaban J connectivity index is 2.46. The number of hydrogen-bond donors (Lipinski definition) is 2. The number of para-hydroxylation sites is 1. The van der Waals surface area contributed by atoms with Gasteiger partial charge in [0, 0.05) is 0 Å². The summed E-state index contributed by atoms with van der Waals surface area (Å²) < 4.78 is 38.6. The molecule has 8 heteroatoms. The van der Waals surface area contributed by atoms with E-state index in [0.717, 1.165) is 12.5 Å². The molecule has 0 fully saturated rings. The average molecular weight is 264 g/mol. The predicted octanol–water partition coefficient (Wildman–Crippen LogP) is 1.88. The van der Waals surface area contributed by atoms with Crippen molar-refractivity contribution in [3.63, 3.8) is 0 Å². The Morgan fingerprint density at radius 1 is 1.25 bits per heavy atom. The van der Waals surface area contributed by atoms with Gasteiger partial charge in [-0.05, 0) is 12.1 Å². The third-order valence-corrected chi connectivity index (χ3v) is 3.62. The van der Waals surface area contributed by atoms with Gasteiger partial charge in [-0.25, -0.2) is 8.77 Å². The van der Waals surface area contributed by atoms with Gasteiger partial charge in [0.15, 0.2) is 0 Å². The first-order valence-corrected chi connectivity index (χ1v) is 7.31. The monoisotopic (exact) mass is 264 g/mol. The zero-order valence-electron chi connectivity index (χ0n) is 7.92. The third-order valence-electron chi connectivity index (χ3n) is 1.39. The molecule has 1 aromatic rings. The molecule has 0 aliphatic carbocycles. The predicted molar refractivity (Wildman–Crippen MR) is 57.9 cm³/mol. The molecule has 0 saturated heterocycles. The van der Waals surface area contributed by atoms with E-state index in [9.17, 15) is 8.77 Å². The van der Waals surface area contributed by atoms with Crippen LogP contribution in [0.25, 0.3) is 0 Å². The van der Waals surface area contributed by atoms with Crippen LogP contribution in [0.15, 0.2) is 42.9 Å². The van der Waals surface area contributed by atoms with Crippen LogP contribution >= 0.6 is 6.80 Å². The van der Waals surface area contributed by atoms with Gasteiger partial charge in [0.2, 0.25) is 0 Å². The van der Waals surface area contributed by atoms with Crippen molar-refractivity contribution in [3.05, 3.63) is 42.9 Å². The Kier molecular flexibility index (Phi) is 4.70. The van der Waals surface area contributed by atoms with Crippen LogP contribution in [-0.4, -0.2) is 13.7 Å². The van der Waals surface area contributed by atoms with E-state index in [1.54, 1.807) is 30.3 Å². The van der Waals surface area contributed by atoms with Crippen molar-refractivity contribution in [2.24, 2.45) is 0 Å². The summed E-state index contributed by atoms with van der Waals surface area (Å²) in [6.45, 7) is -4.52. The second kappa shape index (κ2) is 5.81. The molecule has 0 saturated carbocycles. The highest BCUT2D eigenvalue weighted by molar-refractivity contribution is 8.42. The van der Waals surface area contributed by atoms with Gasteiger partial charge < -0.3 is 14.2 Å². The molecule has 0 heterocycles. The highest BCUT2D eigenvalue weighted by Gasteiger charge is 2.27. The third kappa shape index (κ3) is 4.16. The van der Waals surface area contributed by atoms with Crippen molar-refractivity contribution in [1.29, 1.82) is 0 Å². The topological polar surface area (TPSA) is 93.1 Å². The highest BCUT2D eigenvalue weighted by Crippen LogP contribution is 2.45. The molecule has 1 aromatic carbocycles. The van der Waals surface area contributed by atoms with Crippen molar-refractivity contribution in [2.45, 2.75) is 0 Å². The zero-order chi connectivity index (χ0) is 12.0. The summed E-state index contributed by atoms with van der Waals surface area (Å²) in [5, 5.41) is 0. The van der Waals surface area contributed by atoms with Gasteiger partial charge in [0.25, 0.3) is 10.7 Å². The van der Waals surface area contributed by atoms with Crippen LogP contribution in [0.1, 0.15) is 0 Å². The highest BCUT2D eigenvalue weighted by atomic mass is 32.8. The fraction of sp³-hybridized carbons (Fsp3) is 0. The van der Waals surface area contributed by atoms with Gasteiger partial charge in [-0.2, -0.15) is 0 Å². The standard InChI is InChI=1S/C8H9O6PS/c9-15(10,16(11)12)14-7-6-13-8-4-2-1-3-5-8/h1-7H,(H,9,10)(H,11,12). The Morgan fingerprint density at radius 2 is 1.88 bits per heavy atom. The van der Waals surface area contributed by atoms with Crippen LogP contribution in [0.3, 0.4) is 0 Å². The lowest BCUT2D eigenvalue weighted by molar-refractivity contribution is 0.351. The van der Waals surface area contributed by atoms with Crippen molar-refractivity contribution in [3.8, 4) is 5.75 Å². The number of ether oxygens (including phenoxy) is 1. The van der Waals surface area contributed by atoms with E-state index in [0.29, 0.717) is 5.75 Å². The molecule has 6 nitrogen and oxygen atoms in total. The summed E-state index contributed by atoms with van der Waals surface area (Å²) in [7, 11) is -2.94. The van der Waals surface area contributed by atoms with E-state index in [1.165, 1.54) is 0 Å². The molecule has 16 heavy (non-hydrogen) atoms. The summed E-state index contributed by atoms with van der Waals surface area (Å²) in [5.41, 5.74) is 0. The Bertz CT molecular complexity index is 431. The molecule has 0 aromatic heterocycles. The van der Waals surface area contributed by atoms with Gasteiger partial charge in [-0.15, -0.1) is 0 Å². The van der Waals surface area contributed by atoms with Crippen molar-refractivity contribution in [1.82, 2.24) is 0 Å². The van der Waals surface area contributed by atoms with Gasteiger partial charge in [-0.3, -0.25) is 4.55 Å². The Labute approximate surface area is 94.1 Å². The van der Waals surface area contributed by atoms with Crippen LogP contribution in [-0.2, 0) is 19.8 Å². The van der Waals surface area contributed by atoms with Crippen LogP contribution in [0.2, 0.25) is 0 Å². The summed E-state index contributed by atoms with van der Waals surface area (Å²) in [5.74, 6) is 0.500. The van der Waals surface area contributed by atoms with E-state index in [4.69, 9.17) is 14.2 Å². The maximum absolute atomic E-state index is 10.8. The van der Waals surface area contributed by atoms with Crippen LogP contribution in [0.4, 0.5) is 0 Å². The lowest BCUT2D eigenvalue weighted by Crippen LogP contribution is -1.91. The molecule has 0 aliphatic heterocycles. The maximum atomic E-state index is 10.8. The molecule has 88 valence electrons. The SMILES string of the molecule is O=S(O)P(=O)(O)OC=COc1ccccc1. The minimum Gasteiger partial charge on any atom is -0.462 e. The van der Waals surface area contributed by atoms with E-state index >= 15 is 0 Å². The first kappa shape index (κ1) is 12.9. The lowest BCUT2D eigenvalue weighted by Gasteiger charge is -2.04. The second-order valence-electron chi connectivity index (χ2n) is 2.51. The lowest BCUT2D eigenvalue weighted by atomic mass is 10.3. The van der Waals surface area contributed by atoms with Crippen molar-refractivity contribution in [2.75, 3.05) is 0 Å². The molecule has 0 bridgehead atoms. The summed E-state index contributed by atoms with van der Waals surface area (Å²) in [4.78, 5) is 8.77. The molecule has 2 atom stereocenters. The normalized spacial score (nSPS) is 16.6. The molecular weight excluding hydrogens is 255 g/mol. The molecule has 0 spiro atoms. The average Bonchev–Trinajstić information content (AvgIpc) is 2.26. The first-order valence-electron chi connectivity index (χ1n) is 4.02. The fourth-order valence-corrected chi connectivity index (χ4v) is 1.39. The first-order chi connectivity index (χ1) is 7.52. The minimum atomic E-state index is -4.52. The quantitative estimate of drug-likeness (QED) is 0.479. The molecule has 0 radical (unpaired) electrons. The molecule has 1 rings (SSSR count). The Morgan fingerprint density at radius 3 is 2.44 bits per heavy atom. The number of benzene rings is 1.